The molecule has 0 atom stereocenters. The maximum absolute atomic E-state index is 12.0. The smallest absolute Gasteiger partial charge is 0.276 e. The zero-order chi connectivity index (χ0) is 13.7. The lowest BCUT2D eigenvalue weighted by Crippen LogP contribution is -2.17. The van der Waals surface area contributed by atoms with Gasteiger partial charge in [0, 0.05) is 17.9 Å². The lowest BCUT2D eigenvalue weighted by atomic mass is 10.1. The average molecular weight is 295 g/mol. The van der Waals surface area contributed by atoms with Gasteiger partial charge in [0.2, 0.25) is 0 Å². The van der Waals surface area contributed by atoms with E-state index in [1.54, 1.807) is 6.07 Å². The number of benzene rings is 1. The molecule has 0 aliphatic carbocycles. The Bertz CT molecular complexity index is 568. The van der Waals surface area contributed by atoms with Gasteiger partial charge in [-0.1, -0.05) is 25.1 Å². The van der Waals surface area contributed by atoms with Crippen molar-refractivity contribution in [2.75, 3.05) is 11.9 Å². The number of amides is 1. The van der Waals surface area contributed by atoms with Gasteiger partial charge < -0.3 is 10.6 Å². The molecule has 1 aromatic heterocycles. The first kappa shape index (κ1) is 16.2. The molecule has 0 saturated heterocycles. The van der Waals surface area contributed by atoms with E-state index in [-0.39, 0.29) is 18.3 Å². The number of aromatic amines is 1. The van der Waals surface area contributed by atoms with E-state index in [4.69, 9.17) is 0 Å². The molecule has 0 aliphatic rings. The molecule has 20 heavy (non-hydrogen) atoms. The van der Waals surface area contributed by atoms with Crippen molar-refractivity contribution in [3.63, 3.8) is 0 Å². The van der Waals surface area contributed by atoms with E-state index in [0.717, 1.165) is 30.0 Å². The van der Waals surface area contributed by atoms with Crippen molar-refractivity contribution in [2.45, 2.75) is 20.4 Å². The van der Waals surface area contributed by atoms with Crippen molar-refractivity contribution in [1.82, 2.24) is 15.5 Å². The molecule has 3 N–H and O–H groups in total. The molecule has 0 spiro atoms. The van der Waals surface area contributed by atoms with E-state index in [0.29, 0.717) is 5.69 Å². The number of hydrogen-bond donors (Lipinski definition) is 3. The number of carbonyl (C=O) groups excluding carboxylic acids is 1. The van der Waals surface area contributed by atoms with E-state index >= 15 is 0 Å². The highest BCUT2D eigenvalue weighted by Gasteiger charge is 2.11. The third-order valence-electron chi connectivity index (χ3n) is 2.77. The minimum Gasteiger partial charge on any atom is -0.320 e. The number of para-hydroxylation sites is 1. The van der Waals surface area contributed by atoms with Gasteiger partial charge in [0.15, 0.2) is 5.69 Å². The molecule has 0 aliphatic heterocycles. The van der Waals surface area contributed by atoms with Crippen LogP contribution in [0.4, 0.5) is 5.69 Å². The standard InChI is InChI=1S/C14H18N4O.ClH/c1-3-15-9-11-6-4-5-7-12(11)16-14(19)13-8-10(2)17-18-13;/h4-8,15H,3,9H2,1-2H3,(H,16,19)(H,17,18);1H. The SMILES string of the molecule is CCNCc1ccccc1NC(=O)c1cc(C)[nH]n1.Cl. The monoisotopic (exact) mass is 294 g/mol. The summed E-state index contributed by atoms with van der Waals surface area (Å²) in [5.41, 5.74) is 3.14. The van der Waals surface area contributed by atoms with Crippen LogP contribution in [0.25, 0.3) is 0 Å². The van der Waals surface area contributed by atoms with Gasteiger partial charge in [0.25, 0.3) is 5.91 Å². The van der Waals surface area contributed by atoms with E-state index < -0.39 is 0 Å². The van der Waals surface area contributed by atoms with Crippen LogP contribution in [-0.4, -0.2) is 22.6 Å². The maximum atomic E-state index is 12.0. The maximum Gasteiger partial charge on any atom is 0.276 e. The predicted molar refractivity (Wildman–Crippen MR) is 82.3 cm³/mol. The Morgan fingerprint density at radius 3 is 2.75 bits per heavy atom. The number of halogens is 1. The molecular weight excluding hydrogens is 276 g/mol. The third-order valence-corrected chi connectivity index (χ3v) is 2.77. The Morgan fingerprint density at radius 1 is 1.35 bits per heavy atom. The Kier molecular flexibility index (Phi) is 6.21. The van der Waals surface area contributed by atoms with E-state index in [1.165, 1.54) is 0 Å². The first-order valence-electron chi connectivity index (χ1n) is 6.32. The van der Waals surface area contributed by atoms with Crippen molar-refractivity contribution < 1.29 is 4.79 Å². The number of nitrogens with one attached hydrogen (secondary N) is 3. The van der Waals surface area contributed by atoms with Crippen molar-refractivity contribution in [3.05, 3.63) is 47.3 Å². The largest absolute Gasteiger partial charge is 0.320 e. The topological polar surface area (TPSA) is 69.8 Å². The fraction of sp³-hybridized carbons (Fsp3) is 0.286. The summed E-state index contributed by atoms with van der Waals surface area (Å²) in [6.07, 6.45) is 0. The summed E-state index contributed by atoms with van der Waals surface area (Å²) in [5.74, 6) is -0.201. The van der Waals surface area contributed by atoms with Crippen molar-refractivity contribution in [2.24, 2.45) is 0 Å². The molecule has 1 amide bonds. The fourth-order valence-electron chi connectivity index (χ4n) is 1.78. The van der Waals surface area contributed by atoms with Gasteiger partial charge in [0.1, 0.15) is 0 Å². The minimum absolute atomic E-state index is 0. The summed E-state index contributed by atoms with van der Waals surface area (Å²) in [6.45, 7) is 5.53. The summed E-state index contributed by atoms with van der Waals surface area (Å²) in [4.78, 5) is 12.0. The lowest BCUT2D eigenvalue weighted by molar-refractivity contribution is 0.102. The van der Waals surface area contributed by atoms with Gasteiger partial charge in [-0.3, -0.25) is 9.89 Å². The van der Waals surface area contributed by atoms with Crippen LogP contribution in [0.2, 0.25) is 0 Å². The molecule has 1 heterocycles. The van der Waals surface area contributed by atoms with Gasteiger partial charge in [-0.25, -0.2) is 0 Å². The van der Waals surface area contributed by atoms with Crippen molar-refractivity contribution >= 4 is 24.0 Å². The van der Waals surface area contributed by atoms with E-state index in [2.05, 4.69) is 20.8 Å². The zero-order valence-corrected chi connectivity index (χ0v) is 12.4. The van der Waals surface area contributed by atoms with E-state index in [9.17, 15) is 4.79 Å². The van der Waals surface area contributed by atoms with Crippen LogP contribution in [0, 0.1) is 6.92 Å². The van der Waals surface area contributed by atoms with Crippen molar-refractivity contribution in [1.29, 1.82) is 0 Å². The molecule has 2 rings (SSSR count). The van der Waals surface area contributed by atoms with Crippen LogP contribution in [0.1, 0.15) is 28.7 Å². The number of rotatable bonds is 5. The van der Waals surface area contributed by atoms with Crippen LogP contribution in [0.15, 0.2) is 30.3 Å². The lowest BCUT2D eigenvalue weighted by Gasteiger charge is -2.10. The summed E-state index contributed by atoms with van der Waals surface area (Å²) >= 11 is 0. The zero-order valence-electron chi connectivity index (χ0n) is 11.6. The molecule has 1 aromatic carbocycles. The Balaban J connectivity index is 0.00000200. The van der Waals surface area contributed by atoms with Crippen LogP contribution in [-0.2, 0) is 6.54 Å². The van der Waals surface area contributed by atoms with Gasteiger partial charge in [-0.2, -0.15) is 5.10 Å². The molecule has 5 nitrogen and oxygen atoms in total. The molecule has 2 aromatic rings. The third kappa shape index (κ3) is 4.08. The minimum atomic E-state index is -0.201. The number of H-pyrrole nitrogens is 1. The fourth-order valence-corrected chi connectivity index (χ4v) is 1.78. The molecule has 108 valence electrons. The summed E-state index contributed by atoms with van der Waals surface area (Å²) in [7, 11) is 0. The van der Waals surface area contributed by atoms with Crippen molar-refractivity contribution in [3.8, 4) is 0 Å². The van der Waals surface area contributed by atoms with Crippen LogP contribution in [0.5, 0.6) is 0 Å². The summed E-state index contributed by atoms with van der Waals surface area (Å²) in [6, 6.07) is 9.47. The van der Waals surface area contributed by atoms with Crippen LogP contribution < -0.4 is 10.6 Å². The number of carbonyl (C=O) groups is 1. The number of anilines is 1. The highest BCUT2D eigenvalue weighted by atomic mass is 35.5. The van der Waals surface area contributed by atoms with Gasteiger partial charge in [-0.05, 0) is 31.2 Å². The second kappa shape index (κ2) is 7.67. The molecule has 0 bridgehead atoms. The Morgan fingerprint density at radius 2 is 2.10 bits per heavy atom. The highest BCUT2D eigenvalue weighted by molar-refractivity contribution is 6.03. The Hall–Kier alpha value is -1.85. The summed E-state index contributed by atoms with van der Waals surface area (Å²) in [5, 5.41) is 12.8. The second-order valence-corrected chi connectivity index (χ2v) is 4.33. The number of aryl methyl sites for hydroxylation is 1. The average Bonchev–Trinajstić information content (AvgIpc) is 2.84. The van der Waals surface area contributed by atoms with Crippen LogP contribution >= 0.6 is 12.4 Å². The number of aromatic nitrogens is 2. The second-order valence-electron chi connectivity index (χ2n) is 4.33. The molecule has 6 heteroatoms. The molecule has 0 saturated carbocycles. The quantitative estimate of drug-likeness (QED) is 0.793. The van der Waals surface area contributed by atoms with Crippen LogP contribution in [0.3, 0.4) is 0 Å². The van der Waals surface area contributed by atoms with Gasteiger partial charge in [-0.15, -0.1) is 12.4 Å². The molecule has 0 unspecified atom stereocenters. The van der Waals surface area contributed by atoms with Gasteiger partial charge >= 0.3 is 0 Å². The molecule has 0 radical (unpaired) electrons. The van der Waals surface area contributed by atoms with E-state index in [1.807, 2.05) is 38.1 Å². The Labute approximate surface area is 124 Å². The molecular formula is C14H19ClN4O. The van der Waals surface area contributed by atoms with Gasteiger partial charge in [0.05, 0.1) is 0 Å². The highest BCUT2D eigenvalue weighted by Crippen LogP contribution is 2.15. The first-order valence-corrected chi connectivity index (χ1v) is 6.32. The predicted octanol–water partition coefficient (Wildman–Crippen LogP) is 2.50. The number of nitrogens with zero attached hydrogens (tertiary/aromatic N) is 1. The molecule has 0 fully saturated rings. The summed E-state index contributed by atoms with van der Waals surface area (Å²) < 4.78 is 0. The first-order chi connectivity index (χ1) is 9.20. The normalized spacial score (nSPS) is 9.90. The number of hydrogen-bond acceptors (Lipinski definition) is 3.